The van der Waals surface area contributed by atoms with Crippen LogP contribution in [0.3, 0.4) is 0 Å². The molecule has 1 N–H and O–H groups in total. The highest BCUT2D eigenvalue weighted by Gasteiger charge is 2.30. The van der Waals surface area contributed by atoms with Crippen molar-refractivity contribution in [2.45, 2.75) is 31.8 Å². The Kier molecular flexibility index (Phi) is 5.07. The normalized spacial score (nSPS) is 20.7. The van der Waals surface area contributed by atoms with Crippen molar-refractivity contribution in [3.05, 3.63) is 22.7 Å². The maximum Gasteiger partial charge on any atom is 0.246 e. The molecule has 0 unspecified atom stereocenters. The molecule has 1 saturated carbocycles. The van der Waals surface area contributed by atoms with E-state index in [4.69, 9.17) is 0 Å². The third-order valence-electron chi connectivity index (χ3n) is 4.32. The molecule has 1 aromatic rings. The first kappa shape index (κ1) is 16.1. The molecule has 2 fully saturated rings. The largest absolute Gasteiger partial charge is 0.352 e. The fraction of sp³-hybridized carbons (Fsp3) is 0.562. The van der Waals surface area contributed by atoms with E-state index < -0.39 is 0 Å². The van der Waals surface area contributed by atoms with Crippen molar-refractivity contribution in [3.8, 4) is 0 Å². The lowest BCUT2D eigenvalue weighted by Crippen LogP contribution is -2.55. The summed E-state index contributed by atoms with van der Waals surface area (Å²) in [6, 6.07) is 0.266. The minimum Gasteiger partial charge on any atom is -0.352 e. The molecule has 1 aliphatic heterocycles. The van der Waals surface area contributed by atoms with Crippen LogP contribution < -0.4 is 5.32 Å². The maximum absolute atomic E-state index is 12.2. The fourth-order valence-corrected chi connectivity index (χ4v) is 3.13. The van der Waals surface area contributed by atoms with Crippen LogP contribution in [0.5, 0.6) is 0 Å². The van der Waals surface area contributed by atoms with Crippen molar-refractivity contribution in [2.75, 3.05) is 26.2 Å². The number of hydrogen-bond donors (Lipinski definition) is 1. The molecule has 124 valence electrons. The lowest BCUT2D eigenvalue weighted by Gasteiger charge is -2.37. The van der Waals surface area contributed by atoms with Gasteiger partial charge in [-0.1, -0.05) is 0 Å². The molecule has 1 atom stereocenters. The van der Waals surface area contributed by atoms with Crippen LogP contribution in [0, 0.1) is 0 Å². The van der Waals surface area contributed by atoms with Gasteiger partial charge in [0, 0.05) is 43.7 Å². The Morgan fingerprint density at radius 1 is 1.35 bits per heavy atom. The summed E-state index contributed by atoms with van der Waals surface area (Å²) in [5.41, 5.74) is 2.56. The summed E-state index contributed by atoms with van der Waals surface area (Å²) in [5.74, 6) is 0.114. The topological polar surface area (TPSA) is 65.5 Å². The SMILES string of the molecule is C[C@H](C(=O)NC1CC1)N1CCN(C(=O)/C=C\c2cscn2)CC1. The number of hydrogen-bond acceptors (Lipinski definition) is 5. The van der Waals surface area contributed by atoms with Crippen molar-refractivity contribution in [1.29, 1.82) is 0 Å². The van der Waals surface area contributed by atoms with Gasteiger partial charge in [0.2, 0.25) is 11.8 Å². The predicted octanol–water partition coefficient (Wildman–Crippen LogP) is 0.968. The van der Waals surface area contributed by atoms with Gasteiger partial charge in [0.1, 0.15) is 0 Å². The van der Waals surface area contributed by atoms with Crippen LogP contribution in [0.2, 0.25) is 0 Å². The minimum atomic E-state index is -0.126. The van der Waals surface area contributed by atoms with Crippen molar-refractivity contribution in [2.24, 2.45) is 0 Å². The van der Waals surface area contributed by atoms with Gasteiger partial charge in [-0.3, -0.25) is 14.5 Å². The summed E-state index contributed by atoms with van der Waals surface area (Å²) in [6.45, 7) is 4.71. The van der Waals surface area contributed by atoms with Crippen LogP contribution in [0.25, 0.3) is 6.08 Å². The van der Waals surface area contributed by atoms with Crippen LogP contribution in [-0.4, -0.2) is 64.9 Å². The van der Waals surface area contributed by atoms with Crippen molar-refractivity contribution >= 4 is 29.2 Å². The molecule has 3 rings (SSSR count). The Hall–Kier alpha value is -1.73. The fourth-order valence-electron chi connectivity index (χ4n) is 2.61. The summed E-state index contributed by atoms with van der Waals surface area (Å²) in [5, 5.41) is 4.95. The van der Waals surface area contributed by atoms with Gasteiger partial charge in [-0.15, -0.1) is 11.3 Å². The van der Waals surface area contributed by atoms with E-state index in [9.17, 15) is 9.59 Å². The second-order valence-electron chi connectivity index (χ2n) is 6.07. The Morgan fingerprint density at radius 3 is 2.70 bits per heavy atom. The maximum atomic E-state index is 12.2. The van der Waals surface area contributed by atoms with E-state index in [1.54, 1.807) is 17.7 Å². The molecular formula is C16H22N4O2S. The van der Waals surface area contributed by atoms with E-state index in [-0.39, 0.29) is 17.9 Å². The molecule has 1 saturated heterocycles. The number of amides is 2. The third kappa shape index (κ3) is 4.39. The molecular weight excluding hydrogens is 312 g/mol. The van der Waals surface area contributed by atoms with Crippen LogP contribution in [0.15, 0.2) is 17.0 Å². The highest BCUT2D eigenvalue weighted by atomic mass is 32.1. The molecule has 2 amide bonds. The van der Waals surface area contributed by atoms with Gasteiger partial charge >= 0.3 is 0 Å². The molecule has 0 spiro atoms. The van der Waals surface area contributed by atoms with Gasteiger partial charge in [-0.05, 0) is 25.8 Å². The highest BCUT2D eigenvalue weighted by Crippen LogP contribution is 2.19. The minimum absolute atomic E-state index is 0.00716. The standard InChI is InChI=1S/C16H22N4O2S/c1-12(16(22)18-13-2-3-13)19-6-8-20(9-7-19)15(21)5-4-14-10-23-11-17-14/h4-5,10-13H,2-3,6-9H2,1H3,(H,18,22)/b5-4-/t12-/m1/s1. The Morgan fingerprint density at radius 2 is 2.09 bits per heavy atom. The van der Waals surface area contributed by atoms with Crippen LogP contribution in [0.1, 0.15) is 25.5 Å². The van der Waals surface area contributed by atoms with Gasteiger partial charge < -0.3 is 10.2 Å². The lowest BCUT2D eigenvalue weighted by atomic mass is 10.2. The zero-order valence-corrected chi connectivity index (χ0v) is 14.1. The summed E-state index contributed by atoms with van der Waals surface area (Å²) >= 11 is 1.51. The van der Waals surface area contributed by atoms with Gasteiger partial charge in [-0.25, -0.2) is 4.98 Å². The van der Waals surface area contributed by atoms with Crippen LogP contribution >= 0.6 is 11.3 Å². The number of thiazole rings is 1. The Bertz CT molecular complexity index is 575. The second-order valence-corrected chi connectivity index (χ2v) is 6.79. The first-order chi connectivity index (χ1) is 11.1. The third-order valence-corrected chi connectivity index (χ3v) is 4.93. The van der Waals surface area contributed by atoms with Gasteiger partial charge in [-0.2, -0.15) is 0 Å². The van der Waals surface area contributed by atoms with Crippen molar-refractivity contribution in [3.63, 3.8) is 0 Å². The summed E-state index contributed by atoms with van der Waals surface area (Å²) in [6.07, 6.45) is 5.53. The molecule has 0 bridgehead atoms. The molecule has 1 aromatic heterocycles. The predicted molar refractivity (Wildman–Crippen MR) is 89.9 cm³/mol. The number of carbonyl (C=O) groups excluding carboxylic acids is 2. The number of nitrogens with one attached hydrogen (secondary N) is 1. The van der Waals surface area contributed by atoms with E-state index in [2.05, 4.69) is 15.2 Å². The summed E-state index contributed by atoms with van der Waals surface area (Å²) < 4.78 is 0. The molecule has 23 heavy (non-hydrogen) atoms. The van der Waals surface area contributed by atoms with Crippen LogP contribution in [0.4, 0.5) is 0 Å². The zero-order valence-electron chi connectivity index (χ0n) is 13.3. The number of rotatable bonds is 5. The molecule has 1 aliphatic carbocycles. The number of carbonyl (C=O) groups is 2. The first-order valence-electron chi connectivity index (χ1n) is 8.03. The number of nitrogens with zero attached hydrogens (tertiary/aromatic N) is 3. The molecule has 0 radical (unpaired) electrons. The van der Waals surface area contributed by atoms with Crippen molar-refractivity contribution in [1.82, 2.24) is 20.1 Å². The highest BCUT2D eigenvalue weighted by molar-refractivity contribution is 7.07. The number of aromatic nitrogens is 1. The zero-order chi connectivity index (χ0) is 16.2. The second kappa shape index (κ2) is 7.23. The molecule has 0 aromatic carbocycles. The quantitative estimate of drug-likeness (QED) is 0.815. The average molecular weight is 334 g/mol. The lowest BCUT2D eigenvalue weighted by molar-refractivity contribution is -0.130. The van der Waals surface area contributed by atoms with Crippen LogP contribution in [-0.2, 0) is 9.59 Å². The smallest absolute Gasteiger partial charge is 0.246 e. The van der Waals surface area contributed by atoms with E-state index >= 15 is 0 Å². The molecule has 7 heteroatoms. The van der Waals surface area contributed by atoms with E-state index in [0.717, 1.165) is 31.6 Å². The van der Waals surface area contributed by atoms with Gasteiger partial charge in [0.15, 0.2) is 0 Å². The Balaban J connectivity index is 1.45. The van der Waals surface area contributed by atoms with E-state index in [1.165, 1.54) is 11.3 Å². The molecule has 2 heterocycles. The number of piperazine rings is 1. The average Bonchev–Trinajstić information content (AvgIpc) is 3.23. The summed E-state index contributed by atoms with van der Waals surface area (Å²) in [4.78, 5) is 32.4. The Labute approximate surface area is 140 Å². The monoisotopic (exact) mass is 334 g/mol. The first-order valence-corrected chi connectivity index (χ1v) is 8.97. The molecule has 6 nitrogen and oxygen atoms in total. The summed E-state index contributed by atoms with van der Waals surface area (Å²) in [7, 11) is 0. The van der Waals surface area contributed by atoms with Crippen molar-refractivity contribution < 1.29 is 9.59 Å². The van der Waals surface area contributed by atoms with Gasteiger partial charge in [0.05, 0.1) is 17.2 Å². The van der Waals surface area contributed by atoms with Gasteiger partial charge in [0.25, 0.3) is 0 Å². The van der Waals surface area contributed by atoms with E-state index in [1.807, 2.05) is 17.2 Å². The molecule has 2 aliphatic rings. The van der Waals surface area contributed by atoms with E-state index in [0.29, 0.717) is 19.1 Å².